The Morgan fingerprint density at radius 2 is 1.96 bits per heavy atom. The Hall–Kier alpha value is -3.20. The van der Waals surface area contributed by atoms with Crippen LogP contribution < -0.4 is 5.32 Å². The number of nitro groups is 1. The number of nitrogens with one attached hydrogen (secondary N) is 1. The molecule has 9 heteroatoms. The van der Waals surface area contributed by atoms with E-state index in [1.54, 1.807) is 0 Å². The topological polar surface area (TPSA) is 103 Å². The number of aromatic nitrogens is 3. The molecule has 0 saturated carbocycles. The number of carbonyl (C=O) groups is 1. The summed E-state index contributed by atoms with van der Waals surface area (Å²) in [5.41, 5.74) is 2.61. The Bertz CT molecular complexity index is 1000. The highest BCUT2D eigenvalue weighted by molar-refractivity contribution is 7.99. The number of amides is 1. The summed E-state index contributed by atoms with van der Waals surface area (Å²) in [4.78, 5) is 22.4. The molecule has 1 heterocycles. The number of hydrogen-bond acceptors (Lipinski definition) is 6. The summed E-state index contributed by atoms with van der Waals surface area (Å²) in [5.74, 6) is 0.703. The van der Waals surface area contributed by atoms with E-state index in [1.165, 1.54) is 36.0 Å². The quantitative estimate of drug-likeness (QED) is 0.368. The molecule has 0 saturated heterocycles. The van der Waals surface area contributed by atoms with Crippen molar-refractivity contribution in [1.29, 1.82) is 0 Å². The zero-order valence-corrected chi connectivity index (χ0v) is 16.3. The third-order valence-electron chi connectivity index (χ3n) is 4.00. The van der Waals surface area contributed by atoms with Crippen molar-refractivity contribution < 1.29 is 9.72 Å². The standard InChI is InChI=1S/C19H19N5O3S/c1-3-23-18(14-6-4-5-13(2)11-14)21-22-19(23)28-12-17(25)20-15-7-9-16(10-8-15)24(26)27/h4-11H,3,12H2,1-2H3,(H,20,25). The van der Waals surface area contributed by atoms with E-state index in [0.29, 0.717) is 17.4 Å². The molecule has 144 valence electrons. The molecule has 0 aliphatic heterocycles. The van der Waals surface area contributed by atoms with Crippen LogP contribution in [0.5, 0.6) is 0 Å². The summed E-state index contributed by atoms with van der Waals surface area (Å²) < 4.78 is 1.97. The van der Waals surface area contributed by atoms with E-state index in [9.17, 15) is 14.9 Å². The molecule has 3 aromatic rings. The molecule has 0 unspecified atom stereocenters. The molecule has 0 atom stereocenters. The molecule has 28 heavy (non-hydrogen) atoms. The molecule has 1 N–H and O–H groups in total. The molecule has 0 fully saturated rings. The van der Waals surface area contributed by atoms with Gasteiger partial charge in [-0.25, -0.2) is 0 Å². The predicted octanol–water partition coefficient (Wildman–Crippen LogP) is 3.91. The van der Waals surface area contributed by atoms with Gasteiger partial charge in [-0.05, 0) is 32.0 Å². The van der Waals surface area contributed by atoms with Gasteiger partial charge < -0.3 is 9.88 Å². The minimum atomic E-state index is -0.481. The summed E-state index contributed by atoms with van der Waals surface area (Å²) in [5, 5.41) is 22.6. The van der Waals surface area contributed by atoms with Gasteiger partial charge >= 0.3 is 0 Å². The number of anilines is 1. The van der Waals surface area contributed by atoms with Gasteiger partial charge in [0.1, 0.15) is 0 Å². The maximum Gasteiger partial charge on any atom is 0.269 e. The van der Waals surface area contributed by atoms with E-state index < -0.39 is 4.92 Å². The molecule has 1 aromatic heterocycles. The average molecular weight is 397 g/mol. The lowest BCUT2D eigenvalue weighted by molar-refractivity contribution is -0.384. The Morgan fingerprint density at radius 3 is 2.61 bits per heavy atom. The Morgan fingerprint density at radius 1 is 1.21 bits per heavy atom. The summed E-state index contributed by atoms with van der Waals surface area (Å²) in [6, 6.07) is 13.7. The van der Waals surface area contributed by atoms with E-state index in [-0.39, 0.29) is 17.3 Å². The van der Waals surface area contributed by atoms with Crippen molar-refractivity contribution in [1.82, 2.24) is 14.8 Å². The number of nitro benzene ring substituents is 1. The molecule has 0 aliphatic carbocycles. The zero-order chi connectivity index (χ0) is 20.1. The third kappa shape index (κ3) is 4.55. The van der Waals surface area contributed by atoms with Crippen molar-refractivity contribution in [3.05, 3.63) is 64.2 Å². The van der Waals surface area contributed by atoms with Gasteiger partial charge in [-0.2, -0.15) is 0 Å². The fourth-order valence-electron chi connectivity index (χ4n) is 2.67. The third-order valence-corrected chi connectivity index (χ3v) is 4.97. The maximum absolute atomic E-state index is 12.2. The lowest BCUT2D eigenvalue weighted by atomic mass is 10.1. The number of carbonyl (C=O) groups excluding carboxylic acids is 1. The van der Waals surface area contributed by atoms with Gasteiger partial charge in [0.05, 0.1) is 10.7 Å². The van der Waals surface area contributed by atoms with Gasteiger partial charge in [-0.1, -0.05) is 35.5 Å². The first-order valence-electron chi connectivity index (χ1n) is 8.65. The Balaban J connectivity index is 1.65. The highest BCUT2D eigenvalue weighted by atomic mass is 32.2. The Kier molecular flexibility index (Phi) is 6.05. The summed E-state index contributed by atoms with van der Waals surface area (Å²) in [6.07, 6.45) is 0. The molecule has 2 aromatic carbocycles. The average Bonchev–Trinajstić information content (AvgIpc) is 3.09. The molecule has 0 radical (unpaired) electrons. The molecule has 3 rings (SSSR count). The van der Waals surface area contributed by atoms with Gasteiger partial charge in [0.25, 0.3) is 5.69 Å². The van der Waals surface area contributed by atoms with Gasteiger partial charge in [-0.15, -0.1) is 10.2 Å². The number of benzene rings is 2. The lowest BCUT2D eigenvalue weighted by Gasteiger charge is -2.08. The van der Waals surface area contributed by atoms with Crippen molar-refractivity contribution in [2.45, 2.75) is 25.5 Å². The first-order valence-corrected chi connectivity index (χ1v) is 9.64. The van der Waals surface area contributed by atoms with Crippen LogP contribution in [0.2, 0.25) is 0 Å². The van der Waals surface area contributed by atoms with Crippen molar-refractivity contribution >= 4 is 29.0 Å². The first kappa shape index (κ1) is 19.6. The molecular weight excluding hydrogens is 378 g/mol. The smallest absolute Gasteiger partial charge is 0.269 e. The second-order valence-corrected chi connectivity index (χ2v) is 7.00. The summed E-state index contributed by atoms with van der Waals surface area (Å²) >= 11 is 1.30. The van der Waals surface area contributed by atoms with Crippen LogP contribution in [0, 0.1) is 17.0 Å². The van der Waals surface area contributed by atoms with E-state index in [4.69, 9.17) is 0 Å². The SMILES string of the molecule is CCn1c(SCC(=O)Nc2ccc([N+](=O)[O-])cc2)nnc1-c1cccc(C)c1. The van der Waals surface area contributed by atoms with Crippen molar-refractivity contribution in [3.8, 4) is 11.4 Å². The fourth-order valence-corrected chi connectivity index (χ4v) is 3.47. The monoisotopic (exact) mass is 397 g/mol. The second kappa shape index (κ2) is 8.66. The minimum Gasteiger partial charge on any atom is -0.325 e. The van der Waals surface area contributed by atoms with Crippen LogP contribution in [0.25, 0.3) is 11.4 Å². The summed E-state index contributed by atoms with van der Waals surface area (Å²) in [7, 11) is 0. The van der Waals surface area contributed by atoms with E-state index in [2.05, 4.69) is 15.5 Å². The highest BCUT2D eigenvalue weighted by Gasteiger charge is 2.15. The first-order chi connectivity index (χ1) is 13.5. The number of aryl methyl sites for hydroxylation is 1. The highest BCUT2D eigenvalue weighted by Crippen LogP contribution is 2.25. The normalized spacial score (nSPS) is 10.6. The molecule has 1 amide bonds. The van der Waals surface area contributed by atoms with Crippen LogP contribution in [0.3, 0.4) is 0 Å². The number of hydrogen-bond donors (Lipinski definition) is 1. The molecule has 8 nitrogen and oxygen atoms in total. The minimum absolute atomic E-state index is 0.0212. The van der Waals surface area contributed by atoms with Crippen LogP contribution >= 0.6 is 11.8 Å². The molecule has 0 bridgehead atoms. The van der Waals surface area contributed by atoms with E-state index in [1.807, 2.05) is 42.7 Å². The van der Waals surface area contributed by atoms with Gasteiger partial charge in [0, 0.05) is 29.9 Å². The molecule has 0 aliphatic rings. The van der Waals surface area contributed by atoms with Crippen LogP contribution in [0.4, 0.5) is 11.4 Å². The molecular formula is C19H19N5O3S. The lowest BCUT2D eigenvalue weighted by Crippen LogP contribution is -2.14. The zero-order valence-electron chi connectivity index (χ0n) is 15.5. The van der Waals surface area contributed by atoms with Crippen LogP contribution in [-0.2, 0) is 11.3 Å². The largest absolute Gasteiger partial charge is 0.325 e. The Labute approximate surface area is 166 Å². The number of thioether (sulfide) groups is 1. The number of nitrogens with zero attached hydrogens (tertiary/aromatic N) is 4. The number of rotatable bonds is 7. The van der Waals surface area contributed by atoms with E-state index in [0.717, 1.165) is 17.0 Å². The second-order valence-electron chi connectivity index (χ2n) is 6.06. The van der Waals surface area contributed by atoms with Crippen LogP contribution in [0.15, 0.2) is 53.7 Å². The van der Waals surface area contributed by atoms with Crippen molar-refractivity contribution in [2.75, 3.05) is 11.1 Å². The van der Waals surface area contributed by atoms with E-state index >= 15 is 0 Å². The maximum atomic E-state index is 12.2. The van der Waals surface area contributed by atoms with Gasteiger partial charge in [0.15, 0.2) is 11.0 Å². The van der Waals surface area contributed by atoms with Crippen molar-refractivity contribution in [2.24, 2.45) is 0 Å². The number of non-ortho nitro benzene ring substituents is 1. The van der Waals surface area contributed by atoms with Gasteiger partial charge in [0.2, 0.25) is 5.91 Å². The van der Waals surface area contributed by atoms with Crippen LogP contribution in [-0.4, -0.2) is 31.3 Å². The summed E-state index contributed by atoms with van der Waals surface area (Å²) in [6.45, 7) is 4.71. The predicted molar refractivity (Wildman–Crippen MR) is 108 cm³/mol. The van der Waals surface area contributed by atoms with Crippen LogP contribution in [0.1, 0.15) is 12.5 Å². The van der Waals surface area contributed by atoms with Crippen molar-refractivity contribution in [3.63, 3.8) is 0 Å². The molecule has 0 spiro atoms. The van der Waals surface area contributed by atoms with Gasteiger partial charge in [-0.3, -0.25) is 14.9 Å². The fraction of sp³-hybridized carbons (Fsp3) is 0.211.